The van der Waals surface area contributed by atoms with E-state index in [1.54, 1.807) is 0 Å². The Morgan fingerprint density at radius 1 is 1.62 bits per heavy atom. The van der Waals surface area contributed by atoms with Gasteiger partial charge in [0.1, 0.15) is 0 Å². The van der Waals surface area contributed by atoms with Crippen molar-refractivity contribution in [2.24, 2.45) is 5.73 Å². The lowest BCUT2D eigenvalue weighted by Crippen LogP contribution is -2.07. The standard InChI is InChI=1S/C3H7NO.C2H7N/c1-2-4-3-5;1-2-3/h3H,2H2,1H3,(H,4,5);2-3H2,1H3. The van der Waals surface area contributed by atoms with Gasteiger partial charge in [-0.25, -0.2) is 0 Å². The van der Waals surface area contributed by atoms with Crippen LogP contribution < -0.4 is 11.1 Å². The van der Waals surface area contributed by atoms with E-state index in [2.05, 4.69) is 5.32 Å². The highest BCUT2D eigenvalue weighted by Gasteiger charge is 1.59. The molecule has 0 fully saturated rings. The number of amides is 1. The number of carbonyl (C=O) groups excluding carboxylic acids is 1. The Kier molecular flexibility index (Phi) is 21.0. The van der Waals surface area contributed by atoms with E-state index in [0.717, 1.165) is 13.1 Å². The summed E-state index contributed by atoms with van der Waals surface area (Å²) in [5.41, 5.74) is 4.85. The van der Waals surface area contributed by atoms with Gasteiger partial charge in [-0.05, 0) is 13.5 Å². The van der Waals surface area contributed by atoms with Gasteiger partial charge in [0.2, 0.25) is 6.41 Å². The number of nitrogens with two attached hydrogens (primary N) is 1. The predicted molar refractivity (Wildman–Crippen MR) is 34.5 cm³/mol. The van der Waals surface area contributed by atoms with Crippen molar-refractivity contribution in [3.05, 3.63) is 0 Å². The van der Waals surface area contributed by atoms with E-state index in [1.165, 1.54) is 0 Å². The maximum Gasteiger partial charge on any atom is 0.207 e. The number of nitrogens with one attached hydrogen (secondary N) is 1. The number of hydrogen-bond acceptors (Lipinski definition) is 2. The van der Waals surface area contributed by atoms with Crippen molar-refractivity contribution in [1.29, 1.82) is 0 Å². The minimum Gasteiger partial charge on any atom is -0.359 e. The van der Waals surface area contributed by atoms with Crippen molar-refractivity contribution in [2.75, 3.05) is 13.1 Å². The first kappa shape index (κ1) is 10.4. The summed E-state index contributed by atoms with van der Waals surface area (Å²) < 4.78 is 0. The third kappa shape index (κ3) is 52.1. The molecule has 0 aromatic rings. The maximum absolute atomic E-state index is 9.29. The fourth-order valence-electron chi connectivity index (χ4n) is 0.0833. The molecule has 0 bridgehead atoms. The second-order valence-electron chi connectivity index (χ2n) is 1.08. The molecule has 0 atom stereocenters. The van der Waals surface area contributed by atoms with Crippen molar-refractivity contribution in [2.45, 2.75) is 13.8 Å². The molecule has 0 spiro atoms. The second-order valence-corrected chi connectivity index (χ2v) is 1.08. The third-order valence-electron chi connectivity index (χ3n) is 0.287. The smallest absolute Gasteiger partial charge is 0.207 e. The summed E-state index contributed by atoms with van der Waals surface area (Å²) in [6, 6.07) is 0. The van der Waals surface area contributed by atoms with Crippen molar-refractivity contribution in [1.82, 2.24) is 5.32 Å². The van der Waals surface area contributed by atoms with Crippen LogP contribution in [0.2, 0.25) is 0 Å². The van der Waals surface area contributed by atoms with Gasteiger partial charge in [0.15, 0.2) is 0 Å². The summed E-state index contributed by atoms with van der Waals surface area (Å²) in [6.45, 7) is 5.25. The summed E-state index contributed by atoms with van der Waals surface area (Å²) >= 11 is 0. The van der Waals surface area contributed by atoms with Gasteiger partial charge in [-0.3, -0.25) is 4.79 Å². The molecule has 3 nitrogen and oxygen atoms in total. The molecule has 3 N–H and O–H groups in total. The maximum atomic E-state index is 9.29. The Morgan fingerprint density at radius 3 is 2.00 bits per heavy atom. The Morgan fingerprint density at radius 2 is 2.00 bits per heavy atom. The van der Waals surface area contributed by atoms with Crippen LogP contribution in [0.5, 0.6) is 0 Å². The highest BCUT2D eigenvalue weighted by atomic mass is 16.1. The summed E-state index contributed by atoms with van der Waals surface area (Å²) in [7, 11) is 0. The fourth-order valence-corrected chi connectivity index (χ4v) is 0.0833. The van der Waals surface area contributed by atoms with Crippen LogP contribution in [0.25, 0.3) is 0 Å². The summed E-state index contributed by atoms with van der Waals surface area (Å²) in [4.78, 5) is 9.29. The number of hydrogen-bond donors (Lipinski definition) is 2. The van der Waals surface area contributed by atoms with Gasteiger partial charge < -0.3 is 11.1 Å². The molecule has 0 aliphatic carbocycles. The fraction of sp³-hybridized carbons (Fsp3) is 0.800. The summed E-state index contributed by atoms with van der Waals surface area (Å²) in [6.07, 6.45) is 0.681. The van der Waals surface area contributed by atoms with Crippen molar-refractivity contribution in [3.63, 3.8) is 0 Å². The largest absolute Gasteiger partial charge is 0.359 e. The first-order valence-electron chi connectivity index (χ1n) is 2.70. The highest BCUT2D eigenvalue weighted by Crippen LogP contribution is 1.37. The topological polar surface area (TPSA) is 55.1 Å². The van der Waals surface area contributed by atoms with Gasteiger partial charge in [0, 0.05) is 6.54 Å². The minimum absolute atomic E-state index is 0.681. The van der Waals surface area contributed by atoms with E-state index < -0.39 is 0 Å². The van der Waals surface area contributed by atoms with Crippen LogP contribution in [0.4, 0.5) is 0 Å². The zero-order valence-corrected chi connectivity index (χ0v) is 5.48. The molecule has 0 aliphatic rings. The molecule has 1 amide bonds. The van der Waals surface area contributed by atoms with E-state index in [0.29, 0.717) is 6.41 Å². The van der Waals surface area contributed by atoms with Gasteiger partial charge in [0.05, 0.1) is 0 Å². The Labute approximate surface area is 50.3 Å². The molecule has 0 rings (SSSR count). The van der Waals surface area contributed by atoms with Crippen LogP contribution in [0.1, 0.15) is 13.8 Å². The third-order valence-corrected chi connectivity index (χ3v) is 0.287. The van der Waals surface area contributed by atoms with Crippen LogP contribution in [-0.4, -0.2) is 19.5 Å². The van der Waals surface area contributed by atoms with Crippen molar-refractivity contribution in [3.8, 4) is 0 Å². The molecule has 0 radical (unpaired) electrons. The quantitative estimate of drug-likeness (QED) is 0.490. The molecule has 0 unspecified atom stereocenters. The monoisotopic (exact) mass is 118 g/mol. The van der Waals surface area contributed by atoms with E-state index in [4.69, 9.17) is 5.73 Å². The van der Waals surface area contributed by atoms with Crippen molar-refractivity contribution >= 4 is 6.41 Å². The lowest BCUT2D eigenvalue weighted by molar-refractivity contribution is -0.109. The highest BCUT2D eigenvalue weighted by molar-refractivity contribution is 5.45. The van der Waals surface area contributed by atoms with E-state index in [-0.39, 0.29) is 0 Å². The predicted octanol–water partition coefficient (Wildman–Crippen LogP) is -0.283. The normalized spacial score (nSPS) is 6.38. The first-order valence-corrected chi connectivity index (χ1v) is 2.70. The molecule has 3 heteroatoms. The number of carbonyl (C=O) groups is 1. The average Bonchev–Trinajstić information content (AvgIpc) is 1.71. The zero-order valence-electron chi connectivity index (χ0n) is 5.48. The van der Waals surface area contributed by atoms with Crippen LogP contribution in [0.15, 0.2) is 0 Å². The van der Waals surface area contributed by atoms with E-state index in [1.807, 2.05) is 13.8 Å². The van der Waals surface area contributed by atoms with Gasteiger partial charge >= 0.3 is 0 Å². The molecular weight excluding hydrogens is 104 g/mol. The Hall–Kier alpha value is -0.570. The lowest BCUT2D eigenvalue weighted by Gasteiger charge is -1.78. The van der Waals surface area contributed by atoms with Gasteiger partial charge in [-0.1, -0.05) is 6.92 Å². The van der Waals surface area contributed by atoms with Gasteiger partial charge in [0.25, 0.3) is 0 Å². The molecule has 0 aromatic carbocycles. The molecule has 0 aromatic heterocycles. The van der Waals surface area contributed by atoms with Crippen LogP contribution in [0.3, 0.4) is 0 Å². The molecule has 50 valence electrons. The van der Waals surface area contributed by atoms with Gasteiger partial charge in [-0.15, -0.1) is 0 Å². The van der Waals surface area contributed by atoms with Crippen LogP contribution in [-0.2, 0) is 4.79 Å². The molecular formula is C5H14N2O. The Bertz CT molecular complexity index is 39.4. The minimum atomic E-state index is 0.681. The zero-order chi connectivity index (χ0) is 6.83. The average molecular weight is 118 g/mol. The first-order chi connectivity index (χ1) is 3.83. The van der Waals surface area contributed by atoms with E-state index in [9.17, 15) is 4.79 Å². The van der Waals surface area contributed by atoms with Gasteiger partial charge in [-0.2, -0.15) is 0 Å². The molecule has 0 saturated heterocycles. The molecule has 0 saturated carbocycles. The SMILES string of the molecule is CCN.CCNC=O. The second kappa shape index (κ2) is 16.1. The van der Waals surface area contributed by atoms with Crippen LogP contribution in [0, 0.1) is 0 Å². The molecule has 0 heterocycles. The summed E-state index contributed by atoms with van der Waals surface area (Å²) in [5.74, 6) is 0. The number of rotatable bonds is 2. The molecule has 8 heavy (non-hydrogen) atoms. The summed E-state index contributed by atoms with van der Waals surface area (Å²) in [5, 5.41) is 2.43. The molecule has 0 aliphatic heterocycles. The van der Waals surface area contributed by atoms with Crippen LogP contribution >= 0.6 is 0 Å². The van der Waals surface area contributed by atoms with E-state index >= 15 is 0 Å². The van der Waals surface area contributed by atoms with Crippen molar-refractivity contribution < 1.29 is 4.79 Å². The lowest BCUT2D eigenvalue weighted by atomic mass is 10.8. The Balaban J connectivity index is 0.